The van der Waals surface area contributed by atoms with Gasteiger partial charge in [-0.05, 0) is 51.1 Å². The van der Waals surface area contributed by atoms with Crippen molar-refractivity contribution in [2.75, 3.05) is 5.32 Å². The van der Waals surface area contributed by atoms with Crippen LogP contribution in [0.5, 0.6) is 0 Å². The van der Waals surface area contributed by atoms with Gasteiger partial charge in [-0.1, -0.05) is 0 Å². The molecule has 0 aliphatic rings. The lowest BCUT2D eigenvalue weighted by molar-refractivity contribution is -0.116. The van der Waals surface area contributed by atoms with Gasteiger partial charge < -0.3 is 10.3 Å². The van der Waals surface area contributed by atoms with Gasteiger partial charge in [-0.3, -0.25) is 14.3 Å². The van der Waals surface area contributed by atoms with E-state index in [1.165, 1.54) is 6.07 Å². The van der Waals surface area contributed by atoms with Crippen molar-refractivity contribution in [3.63, 3.8) is 0 Å². The SMILES string of the molecule is Cc1cc(=O)[nH]c(-c2ccc(NC(=O)Cn3nc(C)cc3C)cc2)n1. The average molecular weight is 337 g/mol. The van der Waals surface area contributed by atoms with E-state index in [0.717, 1.165) is 17.0 Å². The fraction of sp³-hybridized carbons (Fsp3) is 0.222. The van der Waals surface area contributed by atoms with Crippen LogP contribution >= 0.6 is 0 Å². The topological polar surface area (TPSA) is 92.7 Å². The van der Waals surface area contributed by atoms with E-state index in [4.69, 9.17) is 0 Å². The van der Waals surface area contributed by atoms with Crippen molar-refractivity contribution in [3.8, 4) is 11.4 Å². The monoisotopic (exact) mass is 337 g/mol. The van der Waals surface area contributed by atoms with Crippen LogP contribution in [0.15, 0.2) is 41.2 Å². The van der Waals surface area contributed by atoms with Gasteiger partial charge in [0, 0.05) is 28.7 Å². The molecule has 25 heavy (non-hydrogen) atoms. The standard InChI is InChI=1S/C18H19N5O2/c1-11-9-16(24)21-18(19-11)14-4-6-15(7-5-14)20-17(25)10-23-13(3)8-12(2)22-23/h4-9H,10H2,1-3H3,(H,20,25)(H,19,21,24). The molecule has 0 unspecified atom stereocenters. The smallest absolute Gasteiger partial charge is 0.251 e. The van der Waals surface area contributed by atoms with E-state index in [1.54, 1.807) is 35.9 Å². The van der Waals surface area contributed by atoms with Gasteiger partial charge in [-0.25, -0.2) is 4.98 Å². The van der Waals surface area contributed by atoms with Crippen LogP contribution < -0.4 is 10.9 Å². The highest BCUT2D eigenvalue weighted by molar-refractivity contribution is 5.90. The molecule has 2 aromatic heterocycles. The van der Waals surface area contributed by atoms with E-state index in [-0.39, 0.29) is 18.0 Å². The predicted molar refractivity (Wildman–Crippen MR) is 95.4 cm³/mol. The molecule has 0 spiro atoms. The van der Waals surface area contributed by atoms with Crippen LogP contribution in [-0.2, 0) is 11.3 Å². The number of rotatable bonds is 4. The van der Waals surface area contributed by atoms with E-state index in [9.17, 15) is 9.59 Å². The van der Waals surface area contributed by atoms with Crippen LogP contribution in [0.3, 0.4) is 0 Å². The number of aromatic nitrogens is 4. The summed E-state index contributed by atoms with van der Waals surface area (Å²) < 4.78 is 1.67. The second kappa shape index (κ2) is 6.72. The van der Waals surface area contributed by atoms with Crippen LogP contribution in [0.1, 0.15) is 17.1 Å². The van der Waals surface area contributed by atoms with Gasteiger partial charge in [0.25, 0.3) is 5.56 Å². The number of anilines is 1. The zero-order chi connectivity index (χ0) is 18.0. The van der Waals surface area contributed by atoms with Crippen LogP contribution in [0.2, 0.25) is 0 Å². The third-order valence-electron chi connectivity index (χ3n) is 3.71. The Morgan fingerprint density at radius 2 is 1.84 bits per heavy atom. The highest BCUT2D eigenvalue weighted by atomic mass is 16.2. The molecular formula is C18H19N5O2. The Kier molecular flexibility index (Phi) is 4.47. The lowest BCUT2D eigenvalue weighted by Crippen LogP contribution is -2.20. The summed E-state index contributed by atoms with van der Waals surface area (Å²) in [6, 6.07) is 10.5. The third kappa shape index (κ3) is 4.00. The van der Waals surface area contributed by atoms with Crippen molar-refractivity contribution >= 4 is 11.6 Å². The number of nitrogens with zero attached hydrogens (tertiary/aromatic N) is 3. The molecule has 128 valence electrons. The van der Waals surface area contributed by atoms with Crippen LogP contribution in [0.25, 0.3) is 11.4 Å². The number of benzene rings is 1. The fourth-order valence-electron chi connectivity index (χ4n) is 2.60. The van der Waals surface area contributed by atoms with E-state index in [1.807, 2.05) is 19.9 Å². The van der Waals surface area contributed by atoms with Gasteiger partial charge in [-0.15, -0.1) is 0 Å². The number of aryl methyl sites for hydroxylation is 3. The second-order valence-electron chi connectivity index (χ2n) is 5.95. The molecule has 7 nitrogen and oxygen atoms in total. The molecule has 7 heteroatoms. The first-order valence-electron chi connectivity index (χ1n) is 7.90. The normalized spacial score (nSPS) is 10.7. The molecule has 0 saturated heterocycles. The molecule has 1 aromatic carbocycles. The number of H-pyrrole nitrogens is 1. The summed E-state index contributed by atoms with van der Waals surface area (Å²) in [5, 5.41) is 7.11. The van der Waals surface area contributed by atoms with Crippen molar-refractivity contribution in [2.24, 2.45) is 0 Å². The molecular weight excluding hydrogens is 318 g/mol. The quantitative estimate of drug-likeness (QED) is 0.763. The Balaban J connectivity index is 1.71. The average Bonchev–Trinajstić information content (AvgIpc) is 2.84. The number of hydrogen-bond acceptors (Lipinski definition) is 4. The van der Waals surface area contributed by atoms with Gasteiger partial charge in [0.15, 0.2) is 0 Å². The maximum absolute atomic E-state index is 12.2. The first kappa shape index (κ1) is 16.6. The minimum absolute atomic E-state index is 0.152. The third-order valence-corrected chi connectivity index (χ3v) is 3.71. The minimum Gasteiger partial charge on any atom is -0.324 e. The fourth-order valence-corrected chi connectivity index (χ4v) is 2.60. The van der Waals surface area contributed by atoms with Gasteiger partial charge in [-0.2, -0.15) is 5.10 Å². The predicted octanol–water partition coefficient (Wildman–Crippen LogP) is 2.20. The van der Waals surface area contributed by atoms with Gasteiger partial charge in [0.1, 0.15) is 12.4 Å². The highest BCUT2D eigenvalue weighted by Crippen LogP contribution is 2.17. The molecule has 2 N–H and O–H groups in total. The van der Waals surface area contributed by atoms with Crippen molar-refractivity contribution in [3.05, 3.63) is 63.8 Å². The molecule has 2 heterocycles. The van der Waals surface area contributed by atoms with Crippen LogP contribution in [-0.4, -0.2) is 25.7 Å². The molecule has 0 aliphatic heterocycles. The lowest BCUT2D eigenvalue weighted by atomic mass is 10.2. The van der Waals surface area contributed by atoms with Crippen LogP contribution in [0.4, 0.5) is 5.69 Å². The van der Waals surface area contributed by atoms with Gasteiger partial charge >= 0.3 is 0 Å². The molecule has 0 aliphatic carbocycles. The molecule has 0 saturated carbocycles. The van der Waals surface area contributed by atoms with Crippen molar-refractivity contribution in [2.45, 2.75) is 27.3 Å². The van der Waals surface area contributed by atoms with E-state index in [2.05, 4.69) is 20.4 Å². The van der Waals surface area contributed by atoms with Gasteiger partial charge in [0.05, 0.1) is 5.69 Å². The minimum atomic E-state index is -0.190. The summed E-state index contributed by atoms with van der Waals surface area (Å²) in [6.45, 7) is 5.74. The Hall–Kier alpha value is -3.22. The largest absolute Gasteiger partial charge is 0.324 e. The summed E-state index contributed by atoms with van der Waals surface area (Å²) >= 11 is 0. The molecule has 3 aromatic rings. The molecule has 0 atom stereocenters. The maximum Gasteiger partial charge on any atom is 0.251 e. The van der Waals surface area contributed by atoms with E-state index >= 15 is 0 Å². The molecule has 1 amide bonds. The van der Waals surface area contributed by atoms with Crippen molar-refractivity contribution < 1.29 is 4.79 Å². The van der Waals surface area contributed by atoms with Gasteiger partial charge in [0.2, 0.25) is 5.91 Å². The zero-order valence-corrected chi connectivity index (χ0v) is 14.3. The van der Waals surface area contributed by atoms with E-state index < -0.39 is 0 Å². The Morgan fingerprint density at radius 1 is 1.12 bits per heavy atom. The molecule has 0 fully saturated rings. The summed E-state index contributed by atoms with van der Waals surface area (Å²) in [6.07, 6.45) is 0. The summed E-state index contributed by atoms with van der Waals surface area (Å²) in [7, 11) is 0. The molecule has 0 bridgehead atoms. The Morgan fingerprint density at radius 3 is 2.44 bits per heavy atom. The maximum atomic E-state index is 12.2. The lowest BCUT2D eigenvalue weighted by Gasteiger charge is -2.08. The number of nitrogens with one attached hydrogen (secondary N) is 2. The van der Waals surface area contributed by atoms with Crippen molar-refractivity contribution in [1.82, 2.24) is 19.7 Å². The summed E-state index contributed by atoms with van der Waals surface area (Å²) in [5.74, 6) is 0.353. The molecule has 0 radical (unpaired) electrons. The number of carbonyl (C=O) groups is 1. The second-order valence-corrected chi connectivity index (χ2v) is 5.95. The number of aromatic amines is 1. The zero-order valence-electron chi connectivity index (χ0n) is 14.3. The Bertz CT molecular complexity index is 970. The van der Waals surface area contributed by atoms with E-state index in [0.29, 0.717) is 17.2 Å². The summed E-state index contributed by atoms with van der Waals surface area (Å²) in [5.41, 5.74) is 3.74. The summed E-state index contributed by atoms with van der Waals surface area (Å²) in [4.78, 5) is 30.7. The highest BCUT2D eigenvalue weighted by Gasteiger charge is 2.08. The number of carbonyl (C=O) groups excluding carboxylic acids is 1. The van der Waals surface area contributed by atoms with Crippen molar-refractivity contribution in [1.29, 1.82) is 0 Å². The first-order chi connectivity index (χ1) is 11.9. The molecule has 3 rings (SSSR count). The van der Waals surface area contributed by atoms with Crippen LogP contribution in [0, 0.1) is 20.8 Å². The number of amides is 1. The first-order valence-corrected chi connectivity index (χ1v) is 7.90. The number of hydrogen-bond donors (Lipinski definition) is 2. The Labute approximate surface area is 144 Å².